The zero-order valence-corrected chi connectivity index (χ0v) is 18.3. The smallest absolute Gasteiger partial charge is 0.746 e. The van der Waals surface area contributed by atoms with E-state index in [4.69, 9.17) is 0 Å². The van der Waals surface area contributed by atoms with Gasteiger partial charge in [-0.1, -0.05) is 0 Å². The molecule has 2 rings (SSSR count). The van der Waals surface area contributed by atoms with E-state index in [1.54, 1.807) is 19.9 Å². The van der Waals surface area contributed by atoms with Gasteiger partial charge < -0.3 is 9.87 Å². The second kappa shape index (κ2) is 8.63. The topological polar surface area (TPSA) is 141 Å². The Hall–Kier alpha value is -1.24. The maximum absolute atomic E-state index is 12.4. The molecule has 0 saturated heterocycles. The van der Waals surface area contributed by atoms with E-state index in [1.165, 1.54) is 31.2 Å². The Morgan fingerprint density at radius 3 is 1.96 bits per heavy atom. The van der Waals surface area contributed by atoms with Crippen molar-refractivity contribution in [2.24, 2.45) is 0 Å². The van der Waals surface area contributed by atoms with E-state index in [0.717, 1.165) is 0 Å². The first-order chi connectivity index (χ1) is 11.5. The molecule has 1 aromatic carbocycles. The minimum Gasteiger partial charge on any atom is -0.746 e. The van der Waals surface area contributed by atoms with E-state index >= 15 is 0 Å². The Morgan fingerprint density at radius 1 is 1.00 bits per heavy atom. The number of nitrogens with one attached hydrogen (secondary N) is 2. The molecular weight excluding hydrogens is 391 g/mol. The summed E-state index contributed by atoms with van der Waals surface area (Å²) in [6.45, 7) is 4.64. The van der Waals surface area contributed by atoms with Crippen LogP contribution in [0.2, 0.25) is 0 Å². The van der Waals surface area contributed by atoms with Gasteiger partial charge in [0.2, 0.25) is 5.95 Å². The van der Waals surface area contributed by atoms with E-state index in [0.29, 0.717) is 17.1 Å². The van der Waals surface area contributed by atoms with Crippen LogP contribution in [0.4, 0.5) is 11.6 Å². The fourth-order valence-electron chi connectivity index (χ4n) is 1.99. The van der Waals surface area contributed by atoms with Crippen LogP contribution < -0.4 is 39.6 Å². The number of aromatic nitrogens is 2. The number of aryl methyl sites for hydroxylation is 2. The molecule has 1 unspecified atom stereocenters. The predicted molar refractivity (Wildman–Crippen MR) is 91.5 cm³/mol. The maximum atomic E-state index is 12.4. The summed E-state index contributed by atoms with van der Waals surface area (Å²) < 4.78 is 59.6. The van der Waals surface area contributed by atoms with Crippen LogP contribution in [0.25, 0.3) is 0 Å². The molecule has 0 bridgehead atoms. The average Bonchev–Trinajstić information content (AvgIpc) is 2.45. The SMILES string of the molecule is Cc1cc(C)nc(NS(=O)(=O)c2ccc(NC(C)S(=O)(=O)[O-])cc2)n1.[Na+]. The van der Waals surface area contributed by atoms with Gasteiger partial charge in [-0.05, 0) is 51.1 Å². The van der Waals surface area contributed by atoms with Gasteiger partial charge in [0.25, 0.3) is 10.0 Å². The molecule has 0 aliphatic rings. The Bertz CT molecular complexity index is 959. The van der Waals surface area contributed by atoms with Crippen molar-refractivity contribution >= 4 is 31.8 Å². The summed E-state index contributed by atoms with van der Waals surface area (Å²) in [5, 5.41) is 1.15. The number of anilines is 2. The van der Waals surface area contributed by atoms with Crippen molar-refractivity contribution in [1.82, 2.24) is 9.97 Å². The molecule has 0 spiro atoms. The second-order valence-corrected chi connectivity index (χ2v) is 8.76. The largest absolute Gasteiger partial charge is 1.00 e. The van der Waals surface area contributed by atoms with Crippen molar-refractivity contribution in [1.29, 1.82) is 0 Å². The molecule has 0 radical (unpaired) electrons. The van der Waals surface area contributed by atoms with E-state index in [1.807, 2.05) is 0 Å². The Labute approximate surface area is 174 Å². The van der Waals surface area contributed by atoms with E-state index in [9.17, 15) is 21.4 Å². The summed E-state index contributed by atoms with van der Waals surface area (Å²) >= 11 is 0. The molecule has 0 saturated carbocycles. The van der Waals surface area contributed by atoms with E-state index < -0.39 is 25.5 Å². The summed E-state index contributed by atoms with van der Waals surface area (Å²) in [5.41, 5.74) is 1.55. The van der Waals surface area contributed by atoms with Crippen molar-refractivity contribution in [3.8, 4) is 0 Å². The van der Waals surface area contributed by atoms with E-state index in [-0.39, 0.29) is 40.4 Å². The van der Waals surface area contributed by atoms with Crippen LogP contribution >= 0.6 is 0 Å². The first-order valence-corrected chi connectivity index (χ1v) is 10.1. The maximum Gasteiger partial charge on any atom is 1.00 e. The van der Waals surface area contributed by atoms with Gasteiger partial charge >= 0.3 is 29.6 Å². The molecule has 0 fully saturated rings. The Balaban J connectivity index is 0.00000338. The Morgan fingerprint density at radius 2 is 1.50 bits per heavy atom. The zero-order valence-electron chi connectivity index (χ0n) is 14.7. The first kappa shape index (κ1) is 22.8. The first-order valence-electron chi connectivity index (χ1n) is 7.14. The molecule has 1 atom stereocenters. The molecule has 0 amide bonds. The molecule has 0 aliphatic heterocycles. The molecule has 12 heteroatoms. The predicted octanol–water partition coefficient (Wildman–Crippen LogP) is -1.80. The molecular formula is C14H17N4NaO5S2. The second-order valence-electron chi connectivity index (χ2n) is 5.38. The van der Waals surface area contributed by atoms with Crippen LogP contribution in [-0.2, 0) is 20.1 Å². The quantitative estimate of drug-likeness (QED) is 0.421. The molecule has 1 aromatic heterocycles. The minimum atomic E-state index is -4.50. The van der Waals surface area contributed by atoms with Crippen molar-refractivity contribution < 1.29 is 50.9 Å². The van der Waals surface area contributed by atoms with Gasteiger partial charge in [-0.15, -0.1) is 0 Å². The number of benzene rings is 1. The number of rotatable bonds is 6. The molecule has 0 aliphatic carbocycles. The van der Waals surface area contributed by atoms with Crippen LogP contribution in [0.5, 0.6) is 0 Å². The van der Waals surface area contributed by atoms with Crippen LogP contribution in [0.1, 0.15) is 18.3 Å². The molecule has 136 valence electrons. The van der Waals surface area contributed by atoms with Gasteiger partial charge in [0, 0.05) is 17.1 Å². The number of nitrogens with zero attached hydrogens (tertiary/aromatic N) is 2. The van der Waals surface area contributed by atoms with Gasteiger partial charge in [-0.25, -0.2) is 31.5 Å². The van der Waals surface area contributed by atoms with Crippen LogP contribution in [0, 0.1) is 13.8 Å². The summed E-state index contributed by atoms with van der Waals surface area (Å²) in [6, 6.07) is 6.98. The van der Waals surface area contributed by atoms with Crippen LogP contribution in [0.15, 0.2) is 35.2 Å². The fraction of sp³-hybridized carbons (Fsp3) is 0.286. The minimum absolute atomic E-state index is 0. The summed E-state index contributed by atoms with van der Waals surface area (Å²) in [5.74, 6) is -0.0363. The molecule has 26 heavy (non-hydrogen) atoms. The third-order valence-corrected chi connectivity index (χ3v) is 5.50. The zero-order chi connectivity index (χ0) is 18.8. The summed E-state index contributed by atoms with van der Waals surface area (Å²) in [6.07, 6.45) is 0. The third-order valence-electron chi connectivity index (χ3n) is 3.18. The molecule has 2 aromatic rings. The van der Waals surface area contributed by atoms with Crippen LogP contribution in [0.3, 0.4) is 0 Å². The number of hydrogen-bond donors (Lipinski definition) is 2. The average molecular weight is 408 g/mol. The monoisotopic (exact) mass is 408 g/mol. The molecule has 2 N–H and O–H groups in total. The van der Waals surface area contributed by atoms with Crippen molar-refractivity contribution in [3.63, 3.8) is 0 Å². The molecule has 1 heterocycles. The van der Waals surface area contributed by atoms with Gasteiger partial charge in [0.1, 0.15) is 15.5 Å². The summed E-state index contributed by atoms with van der Waals surface area (Å²) in [7, 11) is -8.40. The summed E-state index contributed by atoms with van der Waals surface area (Å²) in [4.78, 5) is 7.97. The van der Waals surface area contributed by atoms with Gasteiger partial charge in [-0.3, -0.25) is 0 Å². The van der Waals surface area contributed by atoms with Crippen molar-refractivity contribution in [2.45, 2.75) is 31.0 Å². The van der Waals surface area contributed by atoms with Crippen molar-refractivity contribution in [2.75, 3.05) is 10.0 Å². The van der Waals surface area contributed by atoms with Crippen LogP contribution in [-0.4, -0.2) is 36.7 Å². The number of hydrogen-bond acceptors (Lipinski definition) is 8. The van der Waals surface area contributed by atoms with Gasteiger partial charge in [0.15, 0.2) is 0 Å². The normalized spacial score (nSPS) is 12.8. The standard InChI is InChI=1S/C14H18N4O5S2.Na/c1-9-8-10(2)16-14(15-9)18-24(19,20)13-6-4-12(5-7-13)17-11(3)25(21,22)23;/h4-8,11,17H,1-3H3,(H,15,16,18)(H,21,22,23);/q;+1/p-1. The van der Waals surface area contributed by atoms with E-state index in [2.05, 4.69) is 20.0 Å². The third kappa shape index (κ3) is 6.18. The van der Waals surface area contributed by atoms with Crippen molar-refractivity contribution in [3.05, 3.63) is 41.7 Å². The molecule has 9 nitrogen and oxygen atoms in total. The Kier molecular flexibility index (Phi) is 7.57. The number of sulfonamides is 1. The fourth-order valence-corrected chi connectivity index (χ4v) is 3.21. The van der Waals surface area contributed by atoms with Gasteiger partial charge in [-0.2, -0.15) is 0 Å². The van der Waals surface area contributed by atoms with Gasteiger partial charge in [0.05, 0.1) is 4.90 Å².